The highest BCUT2D eigenvalue weighted by molar-refractivity contribution is 7.07. The number of nitrogens with two attached hydrogens (primary N) is 1. The normalized spacial score (nSPS) is 21.9. The summed E-state index contributed by atoms with van der Waals surface area (Å²) in [6, 6.07) is 11.7. The molecule has 2 N–H and O–H groups in total. The van der Waals surface area contributed by atoms with E-state index < -0.39 is 29.6 Å². The van der Waals surface area contributed by atoms with Gasteiger partial charge in [0, 0.05) is 5.56 Å². The fourth-order valence-electron chi connectivity index (χ4n) is 4.62. The molecule has 0 aliphatic carbocycles. The van der Waals surface area contributed by atoms with Gasteiger partial charge in [0.2, 0.25) is 5.72 Å². The number of hydrogen-bond donors (Lipinski definition) is 1. The van der Waals surface area contributed by atoms with Gasteiger partial charge in [0.25, 0.3) is 11.5 Å². The zero-order valence-corrected chi connectivity index (χ0v) is 20.5. The molecular weight excluding hydrogens is 486 g/mol. The summed E-state index contributed by atoms with van der Waals surface area (Å²) in [6.45, 7) is 1.44. The highest BCUT2D eigenvalue weighted by atomic mass is 32.1. The summed E-state index contributed by atoms with van der Waals surface area (Å²) >= 11 is 1.20. The Balaban J connectivity index is 1.65. The van der Waals surface area contributed by atoms with Crippen LogP contribution in [0.4, 0.5) is 0 Å². The van der Waals surface area contributed by atoms with Gasteiger partial charge in [-0.25, -0.2) is 4.99 Å². The van der Waals surface area contributed by atoms with Crippen molar-refractivity contribution < 1.29 is 28.5 Å². The number of amides is 1. The van der Waals surface area contributed by atoms with Crippen molar-refractivity contribution in [3.05, 3.63) is 73.3 Å². The molecule has 3 atom stereocenters. The van der Waals surface area contributed by atoms with E-state index in [1.807, 2.05) is 18.2 Å². The average Bonchev–Trinajstić information content (AvgIpc) is 3.15. The van der Waals surface area contributed by atoms with Crippen LogP contribution in [0.15, 0.2) is 52.3 Å². The first-order valence-electron chi connectivity index (χ1n) is 11.0. The number of hydrogen-bond acceptors (Lipinski definition) is 9. The maximum atomic E-state index is 13.7. The first kappa shape index (κ1) is 23.6. The van der Waals surface area contributed by atoms with Crippen LogP contribution >= 0.6 is 11.3 Å². The Hall–Kier alpha value is -4.12. The van der Waals surface area contributed by atoms with Gasteiger partial charge in [0.1, 0.15) is 11.7 Å². The lowest BCUT2D eigenvalue weighted by Gasteiger charge is -2.44. The molecule has 10 nitrogen and oxygen atoms in total. The lowest BCUT2D eigenvalue weighted by Crippen LogP contribution is -2.58. The second-order valence-electron chi connectivity index (χ2n) is 8.49. The number of ether oxygens (including phenoxy) is 4. The quantitative estimate of drug-likeness (QED) is 0.485. The summed E-state index contributed by atoms with van der Waals surface area (Å²) in [4.78, 5) is 42.7. The SMILES string of the molecule is COC(=O)C1C2c3ccccc3OC1(C)N=c1s/c(=C\c3ccc(OCC(N)=O)c(OC)c3)c(=O)n12. The van der Waals surface area contributed by atoms with E-state index in [2.05, 4.69) is 0 Å². The molecule has 0 saturated heterocycles. The highest BCUT2D eigenvalue weighted by Crippen LogP contribution is 2.47. The molecule has 2 bridgehead atoms. The summed E-state index contributed by atoms with van der Waals surface area (Å²) in [7, 11) is 2.78. The van der Waals surface area contributed by atoms with Crippen molar-refractivity contribution in [2.75, 3.05) is 20.8 Å². The minimum atomic E-state index is -1.23. The lowest BCUT2D eigenvalue weighted by atomic mass is 9.81. The van der Waals surface area contributed by atoms with Crippen molar-refractivity contribution in [1.29, 1.82) is 0 Å². The number of benzene rings is 2. The zero-order valence-electron chi connectivity index (χ0n) is 19.7. The second-order valence-corrected chi connectivity index (χ2v) is 9.49. The second kappa shape index (κ2) is 8.83. The van der Waals surface area contributed by atoms with Crippen molar-refractivity contribution in [3.63, 3.8) is 0 Å². The molecule has 36 heavy (non-hydrogen) atoms. The number of para-hydroxylation sites is 1. The number of primary amides is 1. The molecule has 3 unspecified atom stereocenters. The van der Waals surface area contributed by atoms with Crippen LogP contribution in [-0.2, 0) is 14.3 Å². The number of carbonyl (C=O) groups is 2. The van der Waals surface area contributed by atoms with Gasteiger partial charge in [-0.2, -0.15) is 0 Å². The van der Waals surface area contributed by atoms with Crippen molar-refractivity contribution >= 4 is 29.3 Å². The standard InChI is InChI=1S/C25H23N3O7S/c1-25-20(23(31)33-3)21(14-6-4-5-7-15(14)35-25)28-22(30)18(36-24(28)27-25)11-13-8-9-16(17(10-13)32-2)34-12-19(26)29/h4-11,20-21H,12H2,1-3H3,(H2,26,29)/b18-11-. The van der Waals surface area contributed by atoms with E-state index in [9.17, 15) is 14.4 Å². The van der Waals surface area contributed by atoms with Gasteiger partial charge in [-0.1, -0.05) is 35.6 Å². The Morgan fingerprint density at radius 3 is 2.72 bits per heavy atom. The number of esters is 1. The number of rotatable bonds is 6. The predicted octanol–water partition coefficient (Wildman–Crippen LogP) is 0.732. The third-order valence-electron chi connectivity index (χ3n) is 6.19. The van der Waals surface area contributed by atoms with Crippen molar-refractivity contribution in [3.8, 4) is 17.2 Å². The van der Waals surface area contributed by atoms with Gasteiger partial charge in [0.05, 0.1) is 24.8 Å². The molecule has 2 aliphatic heterocycles. The van der Waals surface area contributed by atoms with Crippen LogP contribution in [0.1, 0.15) is 24.1 Å². The highest BCUT2D eigenvalue weighted by Gasteiger charge is 2.55. The maximum Gasteiger partial charge on any atom is 0.317 e. The minimum absolute atomic E-state index is 0.287. The molecule has 2 aliphatic rings. The van der Waals surface area contributed by atoms with E-state index in [4.69, 9.17) is 29.7 Å². The molecular formula is C25H23N3O7S. The van der Waals surface area contributed by atoms with Gasteiger partial charge in [-0.15, -0.1) is 0 Å². The van der Waals surface area contributed by atoms with Gasteiger partial charge in [-0.05, 0) is 36.8 Å². The number of methoxy groups -OCH3 is 2. The van der Waals surface area contributed by atoms with Crippen molar-refractivity contribution in [2.45, 2.75) is 18.7 Å². The Morgan fingerprint density at radius 1 is 1.22 bits per heavy atom. The van der Waals surface area contributed by atoms with Gasteiger partial charge >= 0.3 is 5.97 Å². The lowest BCUT2D eigenvalue weighted by molar-refractivity contribution is -0.158. The summed E-state index contributed by atoms with van der Waals surface area (Å²) in [5.41, 5.74) is 5.01. The third kappa shape index (κ3) is 3.81. The molecule has 3 heterocycles. The average molecular weight is 510 g/mol. The first-order chi connectivity index (χ1) is 17.3. The van der Waals surface area contributed by atoms with Crippen LogP contribution < -0.4 is 34.8 Å². The van der Waals surface area contributed by atoms with Crippen molar-refractivity contribution in [1.82, 2.24) is 4.57 Å². The van der Waals surface area contributed by atoms with Crippen molar-refractivity contribution in [2.24, 2.45) is 16.6 Å². The van der Waals surface area contributed by atoms with E-state index >= 15 is 0 Å². The first-order valence-corrected chi connectivity index (χ1v) is 11.8. The summed E-state index contributed by atoms with van der Waals surface area (Å²) in [5, 5.41) is 0. The molecule has 0 saturated carbocycles. The fourth-order valence-corrected chi connectivity index (χ4v) is 5.72. The number of thiazole rings is 1. The minimum Gasteiger partial charge on any atom is -0.493 e. The number of nitrogens with zero attached hydrogens (tertiary/aromatic N) is 2. The molecule has 0 radical (unpaired) electrons. The Morgan fingerprint density at radius 2 is 2.00 bits per heavy atom. The van der Waals surface area contributed by atoms with Gasteiger partial charge < -0.3 is 24.7 Å². The molecule has 3 aromatic rings. The van der Waals surface area contributed by atoms with E-state index in [0.29, 0.717) is 37.7 Å². The summed E-state index contributed by atoms with van der Waals surface area (Å²) < 4.78 is 24.0. The molecule has 11 heteroatoms. The van der Waals surface area contributed by atoms with Crippen LogP contribution in [0.25, 0.3) is 6.08 Å². The Kier molecular flexibility index (Phi) is 5.79. The largest absolute Gasteiger partial charge is 0.493 e. The molecule has 2 aromatic carbocycles. The Labute approximate surface area is 209 Å². The van der Waals surface area contributed by atoms with Crippen LogP contribution in [0.5, 0.6) is 17.2 Å². The topological polar surface area (TPSA) is 131 Å². The number of aromatic nitrogens is 1. The fraction of sp³-hybridized carbons (Fsp3) is 0.280. The van der Waals surface area contributed by atoms with E-state index in [1.165, 1.54) is 25.6 Å². The van der Waals surface area contributed by atoms with Crippen LogP contribution in [-0.4, -0.2) is 43.0 Å². The van der Waals surface area contributed by atoms with Crippen LogP contribution in [0.3, 0.4) is 0 Å². The zero-order chi connectivity index (χ0) is 25.6. The maximum absolute atomic E-state index is 13.7. The van der Waals surface area contributed by atoms with Crippen LogP contribution in [0, 0.1) is 5.92 Å². The number of fused-ring (bicyclic) bond motifs is 6. The van der Waals surface area contributed by atoms with Gasteiger partial charge in [-0.3, -0.25) is 19.0 Å². The summed E-state index contributed by atoms with van der Waals surface area (Å²) in [6.07, 6.45) is 1.71. The molecule has 1 amide bonds. The van der Waals surface area contributed by atoms with E-state index in [0.717, 1.165) is 0 Å². The molecule has 5 rings (SSSR count). The Bertz CT molecular complexity index is 1560. The molecule has 1 aromatic heterocycles. The monoisotopic (exact) mass is 509 g/mol. The third-order valence-corrected chi connectivity index (χ3v) is 7.17. The number of carbonyl (C=O) groups excluding carboxylic acids is 2. The van der Waals surface area contributed by atoms with Crippen LogP contribution in [0.2, 0.25) is 0 Å². The molecule has 186 valence electrons. The van der Waals surface area contributed by atoms with E-state index in [-0.39, 0.29) is 12.2 Å². The molecule has 0 spiro atoms. The molecule has 0 fully saturated rings. The predicted molar refractivity (Wildman–Crippen MR) is 130 cm³/mol. The van der Waals surface area contributed by atoms with Gasteiger partial charge in [0.15, 0.2) is 22.9 Å². The van der Waals surface area contributed by atoms with E-state index in [1.54, 1.807) is 41.8 Å². The smallest absolute Gasteiger partial charge is 0.317 e. The summed E-state index contributed by atoms with van der Waals surface area (Å²) in [5.74, 6) is -0.657.